The molecule has 1 aliphatic heterocycles. The van der Waals surface area contributed by atoms with E-state index in [4.69, 9.17) is 4.74 Å². The van der Waals surface area contributed by atoms with Crippen LogP contribution in [0.5, 0.6) is 0 Å². The number of nitrogens with one attached hydrogen (secondary N) is 2. The molecule has 0 bridgehead atoms. The molecule has 2 unspecified atom stereocenters. The predicted molar refractivity (Wildman–Crippen MR) is 140 cm³/mol. The number of unbranched alkanes of at least 4 members (excludes halogenated alkanes) is 1. The summed E-state index contributed by atoms with van der Waals surface area (Å²) in [7, 11) is 1.38. The van der Waals surface area contributed by atoms with Gasteiger partial charge in [-0.2, -0.15) is 13.2 Å². The molecular weight excluding hydrogens is 534 g/mol. The third-order valence-electron chi connectivity index (χ3n) is 6.78. The van der Waals surface area contributed by atoms with Crippen LogP contribution in [-0.2, 0) is 28.5 Å². The van der Waals surface area contributed by atoms with Gasteiger partial charge in [0.25, 0.3) is 5.91 Å². The van der Waals surface area contributed by atoms with E-state index < -0.39 is 48.0 Å². The number of fused-ring (bicyclic) bond motifs is 1. The first kappa shape index (κ1) is 31.2. The molecule has 2 aromatic heterocycles. The molecule has 3 heterocycles. The fourth-order valence-corrected chi connectivity index (χ4v) is 4.55. The van der Waals surface area contributed by atoms with Gasteiger partial charge in [-0.3, -0.25) is 9.78 Å². The number of rotatable bonds is 15. The molecule has 40 heavy (non-hydrogen) atoms. The number of hydrogen-bond donors (Lipinski definition) is 3. The molecule has 2 atom stereocenters. The van der Waals surface area contributed by atoms with Crippen LogP contribution in [-0.4, -0.2) is 84.0 Å². The number of pyridine rings is 2. The van der Waals surface area contributed by atoms with Crippen LogP contribution in [0, 0.1) is 0 Å². The summed E-state index contributed by atoms with van der Waals surface area (Å²) < 4.78 is 58.4. The van der Waals surface area contributed by atoms with Gasteiger partial charge in [0.1, 0.15) is 18.5 Å². The quantitative estimate of drug-likeness (QED) is 0.220. The second-order valence-corrected chi connectivity index (χ2v) is 9.68. The topological polar surface area (TPSA) is 117 Å². The maximum Gasteiger partial charge on any atom is 0.417 e. The van der Waals surface area contributed by atoms with Gasteiger partial charge in [-0.05, 0) is 62.8 Å². The Labute approximate surface area is 230 Å². The Morgan fingerprint density at radius 2 is 2.02 bits per heavy atom. The monoisotopic (exact) mass is 569 g/mol. The van der Waals surface area contributed by atoms with Crippen molar-refractivity contribution in [2.75, 3.05) is 45.3 Å². The summed E-state index contributed by atoms with van der Waals surface area (Å²) in [5, 5.41) is 15.1. The van der Waals surface area contributed by atoms with Crippen molar-refractivity contribution in [3.05, 3.63) is 53.0 Å². The van der Waals surface area contributed by atoms with E-state index in [1.54, 1.807) is 0 Å². The van der Waals surface area contributed by atoms with Crippen LogP contribution in [0.25, 0.3) is 0 Å². The summed E-state index contributed by atoms with van der Waals surface area (Å²) in [4.78, 5) is 34.5. The first-order chi connectivity index (χ1) is 19.1. The average Bonchev–Trinajstić information content (AvgIpc) is 2.94. The largest absolute Gasteiger partial charge is 0.480 e. The molecule has 0 saturated heterocycles. The Bertz CT molecular complexity index is 1130. The van der Waals surface area contributed by atoms with E-state index in [9.17, 15) is 32.3 Å². The standard InChI is InChI=1S/C27H35F4N5O4/c1-40-20(15-28)17-36(13-3-2-6-19-8-7-18-5-4-11-33-24(18)34-19)14-10-23(26(38)39)35-25(37)21-16-32-12-9-22(21)27(29,30)31/h7-9,12,16,20,23H,2-6,10-11,13-15,17H2,1H3,(H,33,34)(H,35,37)(H,38,39). The highest BCUT2D eigenvalue weighted by molar-refractivity contribution is 5.97. The number of carbonyl (C=O) groups excluding carboxylic acids is 1. The number of carboxylic acid groups (broad SMARTS) is 1. The van der Waals surface area contributed by atoms with Gasteiger partial charge < -0.3 is 25.4 Å². The summed E-state index contributed by atoms with van der Waals surface area (Å²) in [6, 6.07) is 3.30. The molecule has 0 spiro atoms. The van der Waals surface area contributed by atoms with Gasteiger partial charge in [0.2, 0.25) is 0 Å². The van der Waals surface area contributed by atoms with Gasteiger partial charge in [-0.1, -0.05) is 6.07 Å². The van der Waals surface area contributed by atoms with Gasteiger partial charge in [0, 0.05) is 44.8 Å². The number of aryl methyl sites for hydroxylation is 2. The van der Waals surface area contributed by atoms with Crippen LogP contribution < -0.4 is 10.6 Å². The average molecular weight is 570 g/mol. The van der Waals surface area contributed by atoms with Crippen LogP contribution in [0.1, 0.15) is 52.9 Å². The molecule has 1 amide bonds. The highest BCUT2D eigenvalue weighted by Crippen LogP contribution is 2.31. The molecule has 9 nitrogen and oxygen atoms in total. The molecule has 2 aromatic rings. The summed E-state index contributed by atoms with van der Waals surface area (Å²) in [6.07, 6.45) is 0.333. The Morgan fingerprint density at radius 3 is 2.73 bits per heavy atom. The number of halogens is 4. The van der Waals surface area contributed by atoms with Crippen molar-refractivity contribution in [1.29, 1.82) is 0 Å². The van der Waals surface area contributed by atoms with Crippen molar-refractivity contribution >= 4 is 17.7 Å². The van der Waals surface area contributed by atoms with E-state index in [1.807, 2.05) is 11.0 Å². The lowest BCUT2D eigenvalue weighted by Gasteiger charge is -2.27. The third-order valence-corrected chi connectivity index (χ3v) is 6.78. The fourth-order valence-electron chi connectivity index (χ4n) is 4.55. The zero-order valence-corrected chi connectivity index (χ0v) is 22.3. The number of methoxy groups -OCH3 is 1. The second-order valence-electron chi connectivity index (χ2n) is 9.68. The number of hydrogen-bond acceptors (Lipinski definition) is 7. The molecule has 0 fully saturated rings. The lowest BCUT2D eigenvalue weighted by atomic mass is 10.1. The molecule has 13 heteroatoms. The predicted octanol–water partition coefficient (Wildman–Crippen LogP) is 3.74. The van der Waals surface area contributed by atoms with Gasteiger partial charge in [-0.25, -0.2) is 14.2 Å². The van der Waals surface area contributed by atoms with Crippen molar-refractivity contribution in [3.63, 3.8) is 0 Å². The fraction of sp³-hybridized carbons (Fsp3) is 0.556. The van der Waals surface area contributed by atoms with Crippen molar-refractivity contribution in [1.82, 2.24) is 20.2 Å². The molecule has 0 aromatic carbocycles. The van der Waals surface area contributed by atoms with Crippen molar-refractivity contribution in [2.24, 2.45) is 0 Å². The van der Waals surface area contributed by atoms with E-state index in [2.05, 4.69) is 26.7 Å². The Morgan fingerprint density at radius 1 is 1.23 bits per heavy atom. The Kier molecular flexibility index (Phi) is 11.6. The van der Waals surface area contributed by atoms with Crippen LogP contribution >= 0.6 is 0 Å². The molecule has 0 saturated carbocycles. The highest BCUT2D eigenvalue weighted by atomic mass is 19.4. The number of alkyl halides is 4. The number of carboxylic acids is 1. The number of amides is 1. The lowest BCUT2D eigenvalue weighted by Crippen LogP contribution is -2.45. The molecule has 3 N–H and O–H groups in total. The lowest BCUT2D eigenvalue weighted by molar-refractivity contribution is -0.139. The van der Waals surface area contributed by atoms with Crippen LogP contribution in [0.3, 0.4) is 0 Å². The van der Waals surface area contributed by atoms with E-state index in [0.717, 1.165) is 56.1 Å². The summed E-state index contributed by atoms with van der Waals surface area (Å²) in [5.41, 5.74) is 0.193. The van der Waals surface area contributed by atoms with Gasteiger partial charge in [0.05, 0.1) is 17.2 Å². The number of aliphatic carboxylic acids is 1. The first-order valence-corrected chi connectivity index (χ1v) is 13.2. The van der Waals surface area contributed by atoms with Crippen LogP contribution in [0.4, 0.5) is 23.4 Å². The van der Waals surface area contributed by atoms with Crippen LogP contribution in [0.15, 0.2) is 30.6 Å². The van der Waals surface area contributed by atoms with E-state index >= 15 is 0 Å². The minimum atomic E-state index is -4.81. The molecule has 3 rings (SSSR count). The number of aromatic nitrogens is 2. The molecule has 1 aliphatic rings. The van der Waals surface area contributed by atoms with Crippen molar-refractivity contribution in [3.8, 4) is 0 Å². The summed E-state index contributed by atoms with van der Waals surface area (Å²) >= 11 is 0. The minimum Gasteiger partial charge on any atom is -0.480 e. The van der Waals surface area contributed by atoms with Crippen molar-refractivity contribution < 1.29 is 37.0 Å². The molecular formula is C27H35F4N5O4. The SMILES string of the molecule is COC(CF)CN(CCCCc1ccc2c(n1)NCCC2)CCC(NC(=O)c1cnccc1C(F)(F)F)C(=O)O. The molecule has 220 valence electrons. The Balaban J connectivity index is 1.58. The van der Waals surface area contributed by atoms with E-state index in [1.165, 1.54) is 12.7 Å². The first-order valence-electron chi connectivity index (χ1n) is 13.2. The molecule has 0 aliphatic carbocycles. The van der Waals surface area contributed by atoms with Gasteiger partial charge in [-0.15, -0.1) is 0 Å². The number of anilines is 1. The number of nitrogens with zero attached hydrogens (tertiary/aromatic N) is 3. The summed E-state index contributed by atoms with van der Waals surface area (Å²) in [5.74, 6) is -1.66. The maximum atomic E-state index is 13.4. The van der Waals surface area contributed by atoms with Gasteiger partial charge >= 0.3 is 12.1 Å². The van der Waals surface area contributed by atoms with Crippen molar-refractivity contribution in [2.45, 2.75) is 56.8 Å². The van der Waals surface area contributed by atoms with Crippen LogP contribution in [0.2, 0.25) is 0 Å². The third kappa shape index (κ3) is 9.12. The Hall–Kier alpha value is -3.32. The zero-order chi connectivity index (χ0) is 29.1. The number of ether oxygens (including phenoxy) is 1. The highest BCUT2D eigenvalue weighted by Gasteiger charge is 2.36. The molecule has 0 radical (unpaired) electrons. The van der Waals surface area contributed by atoms with Gasteiger partial charge in [0.15, 0.2) is 0 Å². The zero-order valence-electron chi connectivity index (χ0n) is 22.3. The number of carbonyl (C=O) groups is 2. The smallest absolute Gasteiger partial charge is 0.417 e. The second kappa shape index (κ2) is 14.9. The van der Waals surface area contributed by atoms with E-state index in [-0.39, 0.29) is 19.5 Å². The summed E-state index contributed by atoms with van der Waals surface area (Å²) in [6.45, 7) is 1.01. The van der Waals surface area contributed by atoms with E-state index in [0.29, 0.717) is 19.0 Å². The normalized spacial score (nSPS) is 14.8. The maximum absolute atomic E-state index is 13.4. The minimum absolute atomic E-state index is 0.108.